The topological polar surface area (TPSA) is 72.8 Å². The van der Waals surface area contributed by atoms with E-state index in [2.05, 4.69) is 0 Å². The van der Waals surface area contributed by atoms with E-state index in [-0.39, 0.29) is 11.8 Å². The zero-order valence-corrected chi connectivity index (χ0v) is 20.7. The largest absolute Gasteiger partial charge is 0.507 e. The van der Waals surface area contributed by atoms with Crippen LogP contribution in [0.15, 0.2) is 77.9 Å². The molecule has 4 aromatic carbocycles. The van der Waals surface area contributed by atoms with Crippen LogP contribution in [0.25, 0.3) is 10.8 Å². The Morgan fingerprint density at radius 2 is 1.47 bits per heavy atom. The number of anilines is 1. The van der Waals surface area contributed by atoms with E-state index in [1.807, 2.05) is 77.8 Å². The van der Waals surface area contributed by atoms with Crippen molar-refractivity contribution in [1.29, 1.82) is 0 Å². The molecular weight excluding hydrogens is 456 g/mol. The summed E-state index contributed by atoms with van der Waals surface area (Å²) in [6, 6.07) is 23.0. The van der Waals surface area contributed by atoms with Gasteiger partial charge in [-0.2, -0.15) is 5.10 Å². The Bertz CT molecular complexity index is 1450. The Labute approximate surface area is 210 Å². The lowest BCUT2D eigenvalue weighted by molar-refractivity contribution is 0.320. The number of fused-ring (bicyclic) bond motifs is 1. The van der Waals surface area contributed by atoms with Crippen molar-refractivity contribution in [2.75, 3.05) is 33.4 Å². The van der Waals surface area contributed by atoms with Gasteiger partial charge in [-0.1, -0.05) is 42.5 Å². The number of rotatable bonds is 7. The molecule has 1 aliphatic rings. The van der Waals surface area contributed by atoms with Crippen molar-refractivity contribution in [3.8, 4) is 28.7 Å². The highest BCUT2D eigenvalue weighted by Gasteiger charge is 2.35. The lowest BCUT2D eigenvalue weighted by Gasteiger charge is -2.27. The van der Waals surface area contributed by atoms with E-state index in [0.29, 0.717) is 35.0 Å². The van der Waals surface area contributed by atoms with E-state index >= 15 is 0 Å². The first kappa shape index (κ1) is 23.4. The maximum absolute atomic E-state index is 11.2. The first-order valence-corrected chi connectivity index (χ1v) is 11.6. The van der Waals surface area contributed by atoms with Crippen LogP contribution in [0.1, 0.15) is 23.6 Å². The summed E-state index contributed by atoms with van der Waals surface area (Å²) < 4.78 is 22.6. The quantitative estimate of drug-likeness (QED) is 0.350. The third-order valence-electron chi connectivity index (χ3n) is 6.55. The predicted octanol–water partition coefficient (Wildman–Crippen LogP) is 5.94. The number of nitrogens with zero attached hydrogens (tertiary/aromatic N) is 2. The first-order chi connectivity index (χ1) is 17.6. The molecule has 5 rings (SSSR count). The summed E-state index contributed by atoms with van der Waals surface area (Å²) in [6.45, 7) is 0. The molecule has 184 valence electrons. The molecule has 4 aromatic rings. The number of aromatic hydroxyl groups is 1. The van der Waals surface area contributed by atoms with Gasteiger partial charge in [0.15, 0.2) is 11.5 Å². The van der Waals surface area contributed by atoms with Gasteiger partial charge >= 0.3 is 0 Å². The van der Waals surface area contributed by atoms with Gasteiger partial charge in [-0.25, -0.2) is 0 Å². The fourth-order valence-electron chi connectivity index (χ4n) is 4.83. The Kier molecular flexibility index (Phi) is 6.29. The summed E-state index contributed by atoms with van der Waals surface area (Å²) in [5.41, 5.74) is 3.12. The number of phenols is 1. The van der Waals surface area contributed by atoms with Crippen LogP contribution in [0.4, 0.5) is 5.69 Å². The van der Waals surface area contributed by atoms with E-state index < -0.39 is 0 Å². The molecular formula is C29H28N2O5. The third kappa shape index (κ3) is 3.82. The molecule has 1 unspecified atom stereocenters. The molecule has 0 saturated carbocycles. The number of hydrogen-bond donors (Lipinski definition) is 1. The van der Waals surface area contributed by atoms with Gasteiger partial charge in [0, 0.05) is 22.9 Å². The summed E-state index contributed by atoms with van der Waals surface area (Å²) in [4.78, 5) is 0. The number of methoxy groups -OCH3 is 4. The molecule has 1 aliphatic heterocycles. The number of hydrazone groups is 1. The minimum atomic E-state index is -0.253. The maximum Gasteiger partial charge on any atom is 0.203 e. The predicted molar refractivity (Wildman–Crippen MR) is 141 cm³/mol. The molecule has 0 amide bonds. The van der Waals surface area contributed by atoms with Crippen LogP contribution in [-0.4, -0.2) is 39.3 Å². The average molecular weight is 485 g/mol. The number of phenolic OH excluding ortho intramolecular Hbond substituents is 1. The fraction of sp³-hybridized carbons (Fsp3) is 0.207. The van der Waals surface area contributed by atoms with Crippen LogP contribution in [0.5, 0.6) is 28.7 Å². The van der Waals surface area contributed by atoms with E-state index in [1.54, 1.807) is 28.4 Å². The highest BCUT2D eigenvalue weighted by Crippen LogP contribution is 2.49. The first-order valence-electron chi connectivity index (χ1n) is 11.6. The van der Waals surface area contributed by atoms with Crippen LogP contribution in [0, 0.1) is 0 Å². The van der Waals surface area contributed by atoms with Gasteiger partial charge < -0.3 is 24.1 Å². The van der Waals surface area contributed by atoms with Crippen molar-refractivity contribution in [2.24, 2.45) is 5.10 Å². The molecule has 0 bridgehead atoms. The number of hydrogen-bond acceptors (Lipinski definition) is 7. The fourth-order valence-corrected chi connectivity index (χ4v) is 4.83. The number of benzene rings is 4. The molecule has 36 heavy (non-hydrogen) atoms. The molecule has 7 heteroatoms. The highest BCUT2D eigenvalue weighted by atomic mass is 16.5. The van der Waals surface area contributed by atoms with Crippen molar-refractivity contribution >= 4 is 22.2 Å². The Morgan fingerprint density at radius 1 is 0.750 bits per heavy atom. The second kappa shape index (κ2) is 9.70. The molecule has 0 fully saturated rings. The molecule has 7 nitrogen and oxygen atoms in total. The summed E-state index contributed by atoms with van der Waals surface area (Å²) in [6.07, 6.45) is 0.524. The van der Waals surface area contributed by atoms with Crippen molar-refractivity contribution in [3.05, 3.63) is 83.9 Å². The monoisotopic (exact) mass is 484 g/mol. The zero-order chi connectivity index (χ0) is 25.2. The van der Waals surface area contributed by atoms with Gasteiger partial charge in [0.05, 0.1) is 40.2 Å². The standard InChI is InChI=1S/C29H28N2O5/c1-33-25-12-8-7-11-23(25)31-24(21-15-16-26(34-2)29(36-4)28(21)35-3)17-22(30-31)20-14-13-18-9-5-6-10-19(18)27(20)32/h5-16,24,32H,17H2,1-4H3. The summed E-state index contributed by atoms with van der Waals surface area (Å²) in [5.74, 6) is 2.56. The van der Waals surface area contributed by atoms with Gasteiger partial charge in [0.1, 0.15) is 17.2 Å². The SMILES string of the molecule is COc1ccccc1N1N=C(c2ccc3ccccc3c2O)CC1c1ccc(OC)c(OC)c1OC. The van der Waals surface area contributed by atoms with E-state index in [4.69, 9.17) is 24.0 Å². The second-order valence-electron chi connectivity index (χ2n) is 8.39. The molecule has 0 radical (unpaired) electrons. The Hall–Kier alpha value is -4.39. The van der Waals surface area contributed by atoms with Crippen LogP contribution in [0.2, 0.25) is 0 Å². The van der Waals surface area contributed by atoms with E-state index in [9.17, 15) is 5.11 Å². The minimum Gasteiger partial charge on any atom is -0.507 e. The normalized spacial score (nSPS) is 15.1. The van der Waals surface area contributed by atoms with Crippen LogP contribution < -0.4 is 24.0 Å². The Morgan fingerprint density at radius 3 is 2.22 bits per heavy atom. The summed E-state index contributed by atoms with van der Waals surface area (Å²) in [7, 11) is 6.43. The Balaban J connectivity index is 1.68. The zero-order valence-electron chi connectivity index (χ0n) is 20.7. The van der Waals surface area contributed by atoms with Crippen molar-refractivity contribution in [2.45, 2.75) is 12.5 Å². The van der Waals surface area contributed by atoms with Crippen LogP contribution in [-0.2, 0) is 0 Å². The van der Waals surface area contributed by atoms with Crippen molar-refractivity contribution < 1.29 is 24.1 Å². The number of ether oxygens (including phenoxy) is 4. The third-order valence-corrected chi connectivity index (χ3v) is 6.55. The van der Waals surface area contributed by atoms with Gasteiger partial charge in [-0.05, 0) is 35.7 Å². The van der Waals surface area contributed by atoms with Gasteiger partial charge in [-0.15, -0.1) is 0 Å². The summed E-state index contributed by atoms with van der Waals surface area (Å²) in [5, 5.41) is 19.9. The lowest BCUT2D eigenvalue weighted by atomic mass is 9.95. The molecule has 0 spiro atoms. The maximum atomic E-state index is 11.2. The lowest BCUT2D eigenvalue weighted by Crippen LogP contribution is -2.20. The molecule has 1 heterocycles. The van der Waals surface area contributed by atoms with E-state index in [0.717, 1.165) is 27.7 Å². The minimum absolute atomic E-state index is 0.215. The molecule has 1 N–H and O–H groups in total. The van der Waals surface area contributed by atoms with Gasteiger partial charge in [-0.3, -0.25) is 5.01 Å². The number of para-hydroxylation sites is 2. The van der Waals surface area contributed by atoms with E-state index in [1.165, 1.54) is 0 Å². The molecule has 0 aliphatic carbocycles. The van der Waals surface area contributed by atoms with Crippen molar-refractivity contribution in [1.82, 2.24) is 0 Å². The second-order valence-corrected chi connectivity index (χ2v) is 8.39. The summed E-state index contributed by atoms with van der Waals surface area (Å²) >= 11 is 0. The van der Waals surface area contributed by atoms with Crippen LogP contribution in [0.3, 0.4) is 0 Å². The van der Waals surface area contributed by atoms with Crippen LogP contribution >= 0.6 is 0 Å². The van der Waals surface area contributed by atoms with Gasteiger partial charge in [0.2, 0.25) is 5.75 Å². The molecule has 0 saturated heterocycles. The van der Waals surface area contributed by atoms with Crippen molar-refractivity contribution in [3.63, 3.8) is 0 Å². The highest BCUT2D eigenvalue weighted by molar-refractivity contribution is 6.09. The molecule has 1 atom stereocenters. The van der Waals surface area contributed by atoms with Gasteiger partial charge in [0.25, 0.3) is 0 Å². The average Bonchev–Trinajstić information content (AvgIpc) is 3.37. The smallest absolute Gasteiger partial charge is 0.203 e. The molecule has 0 aromatic heterocycles.